The molecule has 8 heteroatoms. The number of ether oxygens (including phenoxy) is 1. The summed E-state index contributed by atoms with van der Waals surface area (Å²) in [6.45, 7) is 3.10. The number of urea groups is 1. The standard InChI is InChI=1S/C21H25N5O3/c1-14-23-20(29-25-14)16-10-11-26(13-16)21(27)24-17-6-8-18(9-7-17)28-19-5-3-2-4-15(19)12-22/h2-5,16-18H,6-11,13H2,1H3,(H,24,27)/t16-,17?,18?/m0/s1. The number of aromatic nitrogens is 2. The van der Waals surface area contributed by atoms with E-state index in [0.29, 0.717) is 36.1 Å². The molecule has 8 nitrogen and oxygen atoms in total. The maximum atomic E-state index is 12.6. The molecule has 1 aromatic carbocycles. The molecule has 1 saturated carbocycles. The van der Waals surface area contributed by atoms with Crippen LogP contribution in [-0.2, 0) is 0 Å². The van der Waals surface area contributed by atoms with Crippen molar-refractivity contribution in [2.75, 3.05) is 13.1 Å². The average molecular weight is 395 g/mol. The highest BCUT2D eigenvalue weighted by atomic mass is 16.5. The minimum Gasteiger partial charge on any atom is -0.489 e. The number of nitrogens with zero attached hydrogens (tertiary/aromatic N) is 4. The molecule has 1 N–H and O–H groups in total. The Morgan fingerprint density at radius 2 is 2.07 bits per heavy atom. The van der Waals surface area contributed by atoms with Gasteiger partial charge in [-0.1, -0.05) is 17.3 Å². The second kappa shape index (κ2) is 8.52. The molecule has 0 radical (unpaired) electrons. The highest BCUT2D eigenvalue weighted by Crippen LogP contribution is 2.28. The Labute approximate surface area is 169 Å². The number of hydrogen-bond acceptors (Lipinski definition) is 6. The number of likely N-dealkylation sites (tertiary alicyclic amines) is 1. The monoisotopic (exact) mass is 395 g/mol. The smallest absolute Gasteiger partial charge is 0.317 e. The van der Waals surface area contributed by atoms with Crippen LogP contribution in [-0.4, -0.2) is 46.3 Å². The van der Waals surface area contributed by atoms with E-state index < -0.39 is 0 Å². The minimum absolute atomic E-state index is 0.0251. The number of hydrogen-bond donors (Lipinski definition) is 1. The number of carbonyl (C=O) groups excluding carboxylic acids is 1. The largest absolute Gasteiger partial charge is 0.489 e. The summed E-state index contributed by atoms with van der Waals surface area (Å²) in [5.74, 6) is 2.00. The summed E-state index contributed by atoms with van der Waals surface area (Å²) in [7, 11) is 0. The molecule has 0 bridgehead atoms. The second-order valence-corrected chi connectivity index (χ2v) is 7.76. The zero-order chi connectivity index (χ0) is 20.2. The molecular formula is C21H25N5O3. The fraction of sp³-hybridized carbons (Fsp3) is 0.524. The van der Waals surface area contributed by atoms with Crippen molar-refractivity contribution in [1.29, 1.82) is 5.26 Å². The number of rotatable bonds is 4. The van der Waals surface area contributed by atoms with Crippen molar-refractivity contribution in [1.82, 2.24) is 20.4 Å². The molecule has 2 heterocycles. The van der Waals surface area contributed by atoms with Crippen LogP contribution in [0.2, 0.25) is 0 Å². The Bertz CT molecular complexity index is 898. The van der Waals surface area contributed by atoms with Gasteiger partial charge >= 0.3 is 6.03 Å². The molecule has 152 valence electrons. The van der Waals surface area contributed by atoms with E-state index in [4.69, 9.17) is 9.26 Å². The van der Waals surface area contributed by atoms with Crippen LogP contribution in [0.4, 0.5) is 4.79 Å². The first-order valence-electron chi connectivity index (χ1n) is 10.1. The molecule has 1 saturated heterocycles. The molecule has 2 fully saturated rings. The summed E-state index contributed by atoms with van der Waals surface area (Å²) < 4.78 is 11.3. The van der Waals surface area contributed by atoms with Gasteiger partial charge in [0.2, 0.25) is 5.89 Å². The van der Waals surface area contributed by atoms with Crippen molar-refractivity contribution < 1.29 is 14.1 Å². The first kappa shape index (κ1) is 19.2. The van der Waals surface area contributed by atoms with Gasteiger partial charge in [-0.2, -0.15) is 10.2 Å². The second-order valence-electron chi connectivity index (χ2n) is 7.76. The lowest BCUT2D eigenvalue weighted by Crippen LogP contribution is -2.46. The molecule has 0 unspecified atom stereocenters. The van der Waals surface area contributed by atoms with Crippen LogP contribution in [0.25, 0.3) is 0 Å². The van der Waals surface area contributed by atoms with Gasteiger partial charge in [-0.25, -0.2) is 4.79 Å². The van der Waals surface area contributed by atoms with Gasteiger partial charge in [0.05, 0.1) is 17.6 Å². The zero-order valence-corrected chi connectivity index (χ0v) is 16.5. The Morgan fingerprint density at radius 3 is 2.79 bits per heavy atom. The maximum Gasteiger partial charge on any atom is 0.317 e. The number of benzene rings is 1. The van der Waals surface area contributed by atoms with E-state index in [0.717, 1.165) is 32.1 Å². The van der Waals surface area contributed by atoms with Crippen LogP contribution in [0.5, 0.6) is 5.75 Å². The number of carbonyl (C=O) groups is 1. The van der Waals surface area contributed by atoms with Gasteiger partial charge < -0.3 is 19.5 Å². The summed E-state index contributed by atoms with van der Waals surface area (Å²) in [5.41, 5.74) is 0.558. The SMILES string of the molecule is Cc1noc([C@H]2CCN(C(=O)NC3CCC(Oc4ccccc4C#N)CC3)C2)n1. The van der Waals surface area contributed by atoms with Crippen LogP contribution in [0.15, 0.2) is 28.8 Å². The number of para-hydroxylation sites is 1. The van der Waals surface area contributed by atoms with E-state index in [1.807, 2.05) is 23.1 Å². The van der Waals surface area contributed by atoms with E-state index in [-0.39, 0.29) is 24.1 Å². The fourth-order valence-electron chi connectivity index (χ4n) is 4.06. The number of nitriles is 1. The number of amides is 2. The molecule has 4 rings (SSSR count). The molecule has 29 heavy (non-hydrogen) atoms. The van der Waals surface area contributed by atoms with Gasteiger partial charge in [-0.05, 0) is 51.2 Å². The van der Waals surface area contributed by atoms with Gasteiger partial charge in [0.15, 0.2) is 5.82 Å². The molecule has 2 aliphatic rings. The van der Waals surface area contributed by atoms with E-state index in [1.165, 1.54) is 0 Å². The molecular weight excluding hydrogens is 370 g/mol. The van der Waals surface area contributed by atoms with Gasteiger partial charge in [-0.15, -0.1) is 0 Å². The minimum atomic E-state index is -0.0251. The van der Waals surface area contributed by atoms with Crippen LogP contribution >= 0.6 is 0 Å². The first-order chi connectivity index (χ1) is 14.1. The summed E-state index contributed by atoms with van der Waals surface area (Å²) >= 11 is 0. The van der Waals surface area contributed by atoms with Crippen LogP contribution in [0, 0.1) is 18.3 Å². The zero-order valence-electron chi connectivity index (χ0n) is 16.5. The van der Waals surface area contributed by atoms with E-state index in [1.54, 1.807) is 13.0 Å². The van der Waals surface area contributed by atoms with Gasteiger partial charge in [-0.3, -0.25) is 0 Å². The third-order valence-corrected chi connectivity index (χ3v) is 5.67. The van der Waals surface area contributed by atoms with Crippen molar-refractivity contribution in [2.45, 2.75) is 57.1 Å². The lowest BCUT2D eigenvalue weighted by Gasteiger charge is -2.31. The third kappa shape index (κ3) is 4.50. The molecule has 0 spiro atoms. The van der Waals surface area contributed by atoms with Crippen molar-refractivity contribution in [2.24, 2.45) is 0 Å². The molecule has 1 aliphatic carbocycles. The normalized spacial score (nSPS) is 24.1. The van der Waals surface area contributed by atoms with Crippen molar-refractivity contribution >= 4 is 6.03 Å². The lowest BCUT2D eigenvalue weighted by atomic mass is 9.93. The summed E-state index contributed by atoms with van der Waals surface area (Å²) in [5, 5.41) is 16.2. The van der Waals surface area contributed by atoms with E-state index in [2.05, 4.69) is 21.5 Å². The Hall–Kier alpha value is -3.08. The van der Waals surface area contributed by atoms with E-state index >= 15 is 0 Å². The molecule has 1 aliphatic heterocycles. The third-order valence-electron chi connectivity index (χ3n) is 5.67. The van der Waals surface area contributed by atoms with Crippen LogP contribution in [0.1, 0.15) is 55.3 Å². The van der Waals surface area contributed by atoms with Gasteiger partial charge in [0.1, 0.15) is 11.8 Å². The molecule has 2 aromatic rings. The molecule has 2 amide bonds. The van der Waals surface area contributed by atoms with Crippen LogP contribution < -0.4 is 10.1 Å². The van der Waals surface area contributed by atoms with E-state index in [9.17, 15) is 10.1 Å². The Balaban J connectivity index is 1.23. The fourth-order valence-corrected chi connectivity index (χ4v) is 4.06. The predicted octanol–water partition coefficient (Wildman–Crippen LogP) is 3.14. The van der Waals surface area contributed by atoms with Crippen molar-refractivity contribution in [3.63, 3.8) is 0 Å². The lowest BCUT2D eigenvalue weighted by molar-refractivity contribution is 0.136. The molecule has 1 aromatic heterocycles. The quantitative estimate of drug-likeness (QED) is 0.853. The first-order valence-corrected chi connectivity index (χ1v) is 10.1. The average Bonchev–Trinajstić information content (AvgIpc) is 3.39. The van der Waals surface area contributed by atoms with Crippen LogP contribution in [0.3, 0.4) is 0 Å². The topological polar surface area (TPSA) is 104 Å². The predicted molar refractivity (Wildman–Crippen MR) is 104 cm³/mol. The van der Waals surface area contributed by atoms with Gasteiger partial charge in [0, 0.05) is 19.1 Å². The molecule has 1 atom stereocenters. The highest BCUT2D eigenvalue weighted by Gasteiger charge is 2.32. The highest BCUT2D eigenvalue weighted by molar-refractivity contribution is 5.75. The summed E-state index contributed by atoms with van der Waals surface area (Å²) in [4.78, 5) is 18.7. The summed E-state index contributed by atoms with van der Waals surface area (Å²) in [6, 6.07) is 9.60. The number of nitrogens with one attached hydrogen (secondary N) is 1. The Morgan fingerprint density at radius 1 is 1.28 bits per heavy atom. The Kier molecular flexibility index (Phi) is 5.65. The van der Waals surface area contributed by atoms with Gasteiger partial charge in [0.25, 0.3) is 0 Å². The van der Waals surface area contributed by atoms with Crippen molar-refractivity contribution in [3.05, 3.63) is 41.5 Å². The summed E-state index contributed by atoms with van der Waals surface area (Å²) in [6.07, 6.45) is 4.36. The maximum absolute atomic E-state index is 12.6. The van der Waals surface area contributed by atoms with Crippen molar-refractivity contribution in [3.8, 4) is 11.8 Å². The number of aryl methyl sites for hydroxylation is 1.